The van der Waals surface area contributed by atoms with Crippen LogP contribution in [-0.4, -0.2) is 17.4 Å². The fourth-order valence-electron chi connectivity index (χ4n) is 2.31. The fraction of sp³-hybridized carbons (Fsp3) is 0.417. The molecule has 0 bridgehead atoms. The summed E-state index contributed by atoms with van der Waals surface area (Å²) < 4.78 is 0. The molecule has 0 spiro atoms. The van der Waals surface area contributed by atoms with Crippen molar-refractivity contribution in [2.45, 2.75) is 13.0 Å². The first-order valence-electron chi connectivity index (χ1n) is 5.17. The molecule has 1 aromatic rings. The van der Waals surface area contributed by atoms with E-state index in [2.05, 4.69) is 12.1 Å². The average molecular weight is 187 g/mol. The van der Waals surface area contributed by atoms with Gasteiger partial charge >= 0.3 is 0 Å². The van der Waals surface area contributed by atoms with Crippen LogP contribution in [0.1, 0.15) is 12.0 Å². The van der Waals surface area contributed by atoms with Gasteiger partial charge in [-0.05, 0) is 17.9 Å². The molecular weight excluding hydrogens is 174 g/mol. The lowest BCUT2D eigenvalue weighted by molar-refractivity contribution is -0.130. The molecule has 2 atom stereocenters. The second kappa shape index (κ2) is 2.84. The number of hydrogen-bond acceptors (Lipinski definition) is 1. The molecule has 2 nitrogen and oxygen atoms in total. The first-order valence-corrected chi connectivity index (χ1v) is 5.17. The maximum absolute atomic E-state index is 11.7. The zero-order valence-corrected chi connectivity index (χ0v) is 8.02. The van der Waals surface area contributed by atoms with Crippen molar-refractivity contribution in [2.24, 2.45) is 11.8 Å². The normalized spacial score (nSPS) is 29.1. The summed E-state index contributed by atoms with van der Waals surface area (Å²) in [5.74, 6) is 1.45. The van der Waals surface area contributed by atoms with Crippen molar-refractivity contribution < 1.29 is 4.79 Å². The molecule has 1 saturated heterocycles. The molecule has 0 aromatic heterocycles. The topological polar surface area (TPSA) is 20.3 Å². The van der Waals surface area contributed by atoms with Gasteiger partial charge in [-0.2, -0.15) is 0 Å². The van der Waals surface area contributed by atoms with E-state index in [-0.39, 0.29) is 0 Å². The summed E-state index contributed by atoms with van der Waals surface area (Å²) in [6, 6.07) is 10.2. The largest absolute Gasteiger partial charge is 0.338 e. The van der Waals surface area contributed by atoms with E-state index in [9.17, 15) is 4.79 Å². The minimum Gasteiger partial charge on any atom is -0.338 e. The highest BCUT2D eigenvalue weighted by molar-refractivity contribution is 5.84. The molecule has 1 aliphatic carbocycles. The van der Waals surface area contributed by atoms with Crippen LogP contribution >= 0.6 is 0 Å². The van der Waals surface area contributed by atoms with Crippen molar-refractivity contribution >= 4 is 5.91 Å². The molecule has 1 heterocycles. The number of benzene rings is 1. The molecule has 2 heteroatoms. The molecule has 0 N–H and O–H groups in total. The molecule has 2 fully saturated rings. The Morgan fingerprint density at radius 2 is 2.07 bits per heavy atom. The van der Waals surface area contributed by atoms with Crippen molar-refractivity contribution in [3.05, 3.63) is 35.9 Å². The lowest BCUT2D eigenvalue weighted by Gasteiger charge is -2.17. The Labute approximate surface area is 83.5 Å². The van der Waals surface area contributed by atoms with Crippen molar-refractivity contribution in [1.29, 1.82) is 0 Å². The van der Waals surface area contributed by atoms with Gasteiger partial charge in [-0.25, -0.2) is 0 Å². The van der Waals surface area contributed by atoms with Crippen LogP contribution in [0.15, 0.2) is 30.3 Å². The van der Waals surface area contributed by atoms with Crippen LogP contribution in [0.4, 0.5) is 0 Å². The Hall–Kier alpha value is -1.31. The molecule has 0 radical (unpaired) electrons. The van der Waals surface area contributed by atoms with Crippen LogP contribution < -0.4 is 0 Å². The lowest BCUT2D eigenvalue weighted by atomic mass is 10.2. The highest BCUT2D eigenvalue weighted by atomic mass is 16.2. The van der Waals surface area contributed by atoms with E-state index in [1.54, 1.807) is 0 Å². The maximum Gasteiger partial charge on any atom is 0.226 e. The summed E-state index contributed by atoms with van der Waals surface area (Å²) >= 11 is 0. The molecule has 0 unspecified atom stereocenters. The first-order chi connectivity index (χ1) is 6.84. The Morgan fingerprint density at radius 3 is 2.71 bits per heavy atom. The average Bonchev–Trinajstić information content (AvgIpc) is 2.91. The summed E-state index contributed by atoms with van der Waals surface area (Å²) in [4.78, 5) is 13.7. The highest BCUT2D eigenvalue weighted by Crippen LogP contribution is 2.46. The summed E-state index contributed by atoms with van der Waals surface area (Å²) in [6.07, 6.45) is 1.14. The Balaban J connectivity index is 1.71. The lowest BCUT2D eigenvalue weighted by Crippen LogP contribution is -2.27. The molecule has 1 saturated carbocycles. The van der Waals surface area contributed by atoms with Crippen LogP contribution in [0.3, 0.4) is 0 Å². The number of hydrogen-bond donors (Lipinski definition) is 0. The van der Waals surface area contributed by atoms with Gasteiger partial charge < -0.3 is 4.90 Å². The van der Waals surface area contributed by atoms with E-state index in [1.165, 1.54) is 5.56 Å². The van der Waals surface area contributed by atoms with Gasteiger partial charge in [-0.15, -0.1) is 0 Å². The Kier molecular flexibility index (Phi) is 1.63. The van der Waals surface area contributed by atoms with E-state index in [0.717, 1.165) is 19.5 Å². The minimum atomic E-state index is 0.374. The van der Waals surface area contributed by atoms with Crippen molar-refractivity contribution in [2.75, 3.05) is 6.54 Å². The Bertz CT molecular complexity index is 360. The summed E-state index contributed by atoms with van der Waals surface area (Å²) in [5.41, 5.74) is 1.24. The minimum absolute atomic E-state index is 0.374. The molecule has 1 aliphatic heterocycles. The van der Waals surface area contributed by atoms with Gasteiger partial charge in [0.1, 0.15) is 0 Å². The molecule has 1 aromatic carbocycles. The van der Waals surface area contributed by atoms with E-state index in [1.807, 2.05) is 23.1 Å². The molecule has 14 heavy (non-hydrogen) atoms. The van der Waals surface area contributed by atoms with Gasteiger partial charge in [-0.1, -0.05) is 30.3 Å². The van der Waals surface area contributed by atoms with Gasteiger partial charge in [0.05, 0.1) is 0 Å². The molecule has 3 rings (SSSR count). The van der Waals surface area contributed by atoms with E-state index in [4.69, 9.17) is 0 Å². The van der Waals surface area contributed by atoms with Gasteiger partial charge in [0, 0.05) is 19.0 Å². The predicted octanol–water partition coefficient (Wildman–Crippen LogP) is 1.66. The molecule has 72 valence electrons. The molecule has 2 aliphatic rings. The van der Waals surface area contributed by atoms with Crippen LogP contribution in [0, 0.1) is 11.8 Å². The van der Waals surface area contributed by atoms with Crippen LogP contribution in [-0.2, 0) is 11.3 Å². The summed E-state index contributed by atoms with van der Waals surface area (Å²) in [6.45, 7) is 1.78. The van der Waals surface area contributed by atoms with Gasteiger partial charge in [0.15, 0.2) is 0 Å². The number of fused-ring (bicyclic) bond motifs is 1. The van der Waals surface area contributed by atoms with E-state index < -0.39 is 0 Å². The van der Waals surface area contributed by atoms with Gasteiger partial charge in [0.25, 0.3) is 0 Å². The zero-order chi connectivity index (χ0) is 9.54. The first kappa shape index (κ1) is 8.04. The standard InChI is InChI=1S/C12H13NO/c14-12-11-6-10(11)8-13(12)7-9-4-2-1-3-5-9/h1-5,10-11H,6-8H2/t10-,11+/m0/s1. The van der Waals surface area contributed by atoms with Crippen molar-refractivity contribution in [1.82, 2.24) is 4.90 Å². The van der Waals surface area contributed by atoms with E-state index in [0.29, 0.717) is 17.7 Å². The Morgan fingerprint density at radius 1 is 1.29 bits per heavy atom. The number of amides is 1. The van der Waals surface area contributed by atoms with E-state index >= 15 is 0 Å². The number of nitrogens with zero attached hydrogens (tertiary/aromatic N) is 1. The maximum atomic E-state index is 11.7. The van der Waals surface area contributed by atoms with Crippen LogP contribution in [0.2, 0.25) is 0 Å². The smallest absolute Gasteiger partial charge is 0.226 e. The monoisotopic (exact) mass is 187 g/mol. The highest BCUT2D eigenvalue weighted by Gasteiger charge is 2.51. The van der Waals surface area contributed by atoms with Crippen molar-refractivity contribution in [3.63, 3.8) is 0 Å². The molecule has 1 amide bonds. The number of rotatable bonds is 2. The summed E-state index contributed by atoms with van der Waals surface area (Å²) in [7, 11) is 0. The third kappa shape index (κ3) is 1.22. The zero-order valence-electron chi connectivity index (χ0n) is 8.02. The number of carbonyl (C=O) groups excluding carboxylic acids is 1. The quantitative estimate of drug-likeness (QED) is 0.689. The SMILES string of the molecule is O=C1[C@@H]2C[C@H]2CN1Cc1ccccc1. The third-order valence-corrected chi connectivity index (χ3v) is 3.22. The summed E-state index contributed by atoms with van der Waals surface area (Å²) in [5, 5.41) is 0. The van der Waals surface area contributed by atoms with Gasteiger partial charge in [0.2, 0.25) is 5.91 Å². The number of carbonyl (C=O) groups is 1. The molecular formula is C12H13NO. The van der Waals surface area contributed by atoms with Crippen LogP contribution in [0.5, 0.6) is 0 Å². The number of piperidine rings is 1. The van der Waals surface area contributed by atoms with Gasteiger partial charge in [-0.3, -0.25) is 4.79 Å². The predicted molar refractivity (Wildman–Crippen MR) is 53.5 cm³/mol. The fourth-order valence-corrected chi connectivity index (χ4v) is 2.31. The van der Waals surface area contributed by atoms with Crippen molar-refractivity contribution in [3.8, 4) is 0 Å². The van der Waals surface area contributed by atoms with Crippen LogP contribution in [0.25, 0.3) is 0 Å². The second-order valence-electron chi connectivity index (χ2n) is 4.31. The number of likely N-dealkylation sites (tertiary alicyclic amines) is 1. The second-order valence-corrected chi connectivity index (χ2v) is 4.31. The third-order valence-electron chi connectivity index (χ3n) is 3.22.